The van der Waals surface area contributed by atoms with Crippen molar-refractivity contribution in [1.82, 2.24) is 0 Å². The Hall–Kier alpha value is -5.04. The lowest BCUT2D eigenvalue weighted by atomic mass is 9.99. The van der Waals surface area contributed by atoms with Crippen molar-refractivity contribution in [3.05, 3.63) is 82.5 Å². The largest absolute Gasteiger partial charge is 0.508 e. The summed E-state index contributed by atoms with van der Waals surface area (Å²) in [7, 11) is 0. The topological polar surface area (TPSA) is 196 Å². The van der Waals surface area contributed by atoms with E-state index in [1.807, 2.05) is 0 Å². The Balaban J connectivity index is 1.54. The second kappa shape index (κ2) is 11.4. The fraction of sp³-hybridized carbons (Fsp3) is 0.200. The van der Waals surface area contributed by atoms with Gasteiger partial charge < -0.3 is 49.3 Å². The highest BCUT2D eigenvalue weighted by molar-refractivity contribution is 5.88. The molecule has 3 aromatic carbocycles. The number of carbonyl (C=O) groups excluding carboxylic acids is 1. The molecule has 0 amide bonds. The van der Waals surface area contributed by atoms with E-state index in [-0.39, 0.29) is 39.5 Å². The van der Waals surface area contributed by atoms with E-state index in [0.29, 0.717) is 5.56 Å². The molecule has 6 N–H and O–H groups in total. The summed E-state index contributed by atoms with van der Waals surface area (Å²) in [4.78, 5) is 26.4. The zero-order valence-electron chi connectivity index (χ0n) is 21.9. The normalized spacial score (nSPS) is 22.3. The van der Waals surface area contributed by atoms with Crippen LogP contribution >= 0.6 is 0 Å². The fourth-order valence-electron chi connectivity index (χ4n) is 4.44. The summed E-state index contributed by atoms with van der Waals surface area (Å²) in [6.07, 6.45) is -5.03. The highest BCUT2D eigenvalue weighted by Crippen LogP contribution is 2.37. The third-order valence-electron chi connectivity index (χ3n) is 6.62. The van der Waals surface area contributed by atoms with E-state index in [1.165, 1.54) is 49.4 Å². The maximum absolute atomic E-state index is 13.7. The van der Waals surface area contributed by atoms with Gasteiger partial charge in [0.25, 0.3) is 0 Å². The lowest BCUT2D eigenvalue weighted by Crippen LogP contribution is -2.59. The summed E-state index contributed by atoms with van der Waals surface area (Å²) < 4.78 is 22.9. The minimum atomic E-state index is -1.69. The minimum Gasteiger partial charge on any atom is -0.508 e. The Bertz CT molecular complexity index is 1690. The van der Waals surface area contributed by atoms with Crippen LogP contribution in [0.25, 0.3) is 28.4 Å². The van der Waals surface area contributed by atoms with Gasteiger partial charge in [0, 0.05) is 23.8 Å². The fourth-order valence-corrected chi connectivity index (χ4v) is 4.44. The number of aliphatic hydroxyl groups is 2. The number of phenolic OH excluding ortho intramolecular Hbond substituents is 4. The number of rotatable bonds is 6. The minimum absolute atomic E-state index is 0.0373. The van der Waals surface area contributed by atoms with Crippen molar-refractivity contribution in [2.75, 3.05) is 0 Å². The highest BCUT2D eigenvalue weighted by Gasteiger charge is 2.47. The van der Waals surface area contributed by atoms with Gasteiger partial charge >= 0.3 is 5.97 Å². The average molecular weight is 579 g/mol. The molecule has 5 atom stereocenters. The van der Waals surface area contributed by atoms with Crippen LogP contribution in [-0.4, -0.2) is 67.3 Å². The van der Waals surface area contributed by atoms with Crippen molar-refractivity contribution in [3.63, 3.8) is 0 Å². The first-order chi connectivity index (χ1) is 20.0. The van der Waals surface area contributed by atoms with Crippen LogP contribution in [0.5, 0.6) is 28.7 Å². The van der Waals surface area contributed by atoms with Crippen LogP contribution in [0.15, 0.2) is 76.0 Å². The molecule has 1 aliphatic rings. The van der Waals surface area contributed by atoms with E-state index < -0.39 is 53.6 Å². The molecule has 0 unspecified atom stereocenters. The predicted octanol–water partition coefficient (Wildman–Crippen LogP) is 2.75. The second-order valence-electron chi connectivity index (χ2n) is 9.61. The van der Waals surface area contributed by atoms with Gasteiger partial charge in [-0.1, -0.05) is 12.1 Å². The Morgan fingerprint density at radius 3 is 2.19 bits per heavy atom. The van der Waals surface area contributed by atoms with Crippen molar-refractivity contribution in [2.24, 2.45) is 0 Å². The summed E-state index contributed by atoms with van der Waals surface area (Å²) >= 11 is 0. The van der Waals surface area contributed by atoms with E-state index in [4.69, 9.17) is 18.6 Å². The van der Waals surface area contributed by atoms with Crippen molar-refractivity contribution < 1.29 is 54.1 Å². The summed E-state index contributed by atoms with van der Waals surface area (Å²) in [5, 5.41) is 60.4. The van der Waals surface area contributed by atoms with Crippen LogP contribution in [-0.2, 0) is 14.3 Å². The molecule has 1 fully saturated rings. The average Bonchev–Trinajstić information content (AvgIpc) is 2.95. The predicted molar refractivity (Wildman–Crippen MR) is 147 cm³/mol. The molecule has 1 saturated heterocycles. The molecule has 0 saturated carbocycles. The van der Waals surface area contributed by atoms with Gasteiger partial charge in [-0.05, 0) is 55.0 Å². The number of aliphatic hydroxyl groups excluding tert-OH is 2. The molecule has 0 aliphatic carbocycles. The lowest BCUT2D eigenvalue weighted by molar-refractivity contribution is -0.272. The van der Waals surface area contributed by atoms with Crippen LogP contribution < -0.4 is 10.2 Å². The summed E-state index contributed by atoms with van der Waals surface area (Å²) in [6, 6.07) is 13.5. The van der Waals surface area contributed by atoms with Crippen LogP contribution in [0.1, 0.15) is 12.5 Å². The number of phenols is 4. The van der Waals surface area contributed by atoms with Crippen molar-refractivity contribution in [1.29, 1.82) is 0 Å². The Morgan fingerprint density at radius 1 is 0.881 bits per heavy atom. The molecular formula is C30H26O12. The molecule has 0 bridgehead atoms. The standard InChI is InChI=1S/C30H26O12/c1-14-24(36)26(38)29(41-22(35)11-4-15-2-7-17(31)8-3-15)30(39-14)42-28-25(37)23-20(34)12-19(33)13-21(23)40-27(28)16-5-9-18(32)10-6-16/h2-14,24,26,29-34,36,38H,1H3/b11-4+/t14-,24-,26+,29+,30-/m0/s1. The van der Waals surface area contributed by atoms with E-state index in [9.17, 15) is 40.2 Å². The van der Waals surface area contributed by atoms with Crippen LogP contribution in [0.2, 0.25) is 0 Å². The van der Waals surface area contributed by atoms with Gasteiger partial charge in [0.2, 0.25) is 17.5 Å². The highest BCUT2D eigenvalue weighted by atomic mass is 16.7. The number of carbonyl (C=O) groups is 1. The molecule has 12 heteroatoms. The SMILES string of the molecule is C[C@@H]1O[C@@H](Oc2c(-c3ccc(O)cc3)oc3cc(O)cc(O)c3c2=O)[C@H](OC(=O)/C=C/c2ccc(O)cc2)[C@H](O)[C@H]1O. The molecule has 5 rings (SSSR count). The first-order valence-electron chi connectivity index (χ1n) is 12.7. The third-order valence-corrected chi connectivity index (χ3v) is 6.62. The zero-order chi connectivity index (χ0) is 30.1. The molecule has 42 heavy (non-hydrogen) atoms. The maximum atomic E-state index is 13.7. The summed E-state index contributed by atoms with van der Waals surface area (Å²) in [6.45, 7) is 1.44. The molecular weight excluding hydrogens is 552 g/mol. The molecule has 4 aromatic rings. The van der Waals surface area contributed by atoms with Gasteiger partial charge in [-0.2, -0.15) is 0 Å². The molecule has 0 spiro atoms. The van der Waals surface area contributed by atoms with E-state index in [0.717, 1.165) is 18.2 Å². The molecule has 12 nitrogen and oxygen atoms in total. The monoisotopic (exact) mass is 578 g/mol. The van der Waals surface area contributed by atoms with Crippen molar-refractivity contribution in [3.8, 4) is 40.1 Å². The zero-order valence-corrected chi connectivity index (χ0v) is 21.9. The van der Waals surface area contributed by atoms with Gasteiger partial charge in [0.05, 0.1) is 6.10 Å². The number of hydrogen-bond donors (Lipinski definition) is 6. The van der Waals surface area contributed by atoms with E-state index >= 15 is 0 Å². The van der Waals surface area contributed by atoms with Gasteiger partial charge in [0.15, 0.2) is 11.9 Å². The Kier molecular flexibility index (Phi) is 7.77. The van der Waals surface area contributed by atoms with E-state index in [1.54, 1.807) is 12.1 Å². The smallest absolute Gasteiger partial charge is 0.331 e. The van der Waals surface area contributed by atoms with Crippen LogP contribution in [0.4, 0.5) is 0 Å². The van der Waals surface area contributed by atoms with Gasteiger partial charge in [0.1, 0.15) is 46.2 Å². The summed E-state index contributed by atoms with van der Waals surface area (Å²) in [5.74, 6) is -2.64. The van der Waals surface area contributed by atoms with Gasteiger partial charge in [-0.15, -0.1) is 0 Å². The number of aromatic hydroxyl groups is 4. The number of esters is 1. The molecule has 2 heterocycles. The first kappa shape index (κ1) is 28.5. The Morgan fingerprint density at radius 2 is 1.52 bits per heavy atom. The van der Waals surface area contributed by atoms with Gasteiger partial charge in [-0.3, -0.25) is 4.79 Å². The quantitative estimate of drug-likeness (QED) is 0.145. The first-order valence-corrected chi connectivity index (χ1v) is 12.7. The summed E-state index contributed by atoms with van der Waals surface area (Å²) in [5.41, 5.74) is -0.251. The third kappa shape index (κ3) is 5.72. The van der Waals surface area contributed by atoms with Crippen molar-refractivity contribution in [2.45, 2.75) is 37.6 Å². The van der Waals surface area contributed by atoms with E-state index in [2.05, 4.69) is 0 Å². The van der Waals surface area contributed by atoms with Crippen LogP contribution in [0.3, 0.4) is 0 Å². The molecule has 1 aliphatic heterocycles. The molecule has 218 valence electrons. The second-order valence-corrected chi connectivity index (χ2v) is 9.61. The number of ether oxygens (including phenoxy) is 3. The number of fused-ring (bicyclic) bond motifs is 1. The van der Waals surface area contributed by atoms with Crippen molar-refractivity contribution >= 4 is 23.0 Å². The van der Waals surface area contributed by atoms with Gasteiger partial charge in [-0.25, -0.2) is 4.79 Å². The van der Waals surface area contributed by atoms with Crippen LogP contribution in [0, 0.1) is 0 Å². The molecule has 0 radical (unpaired) electrons. The lowest BCUT2D eigenvalue weighted by Gasteiger charge is -2.40. The Labute approximate surface area is 237 Å². The number of hydrogen-bond acceptors (Lipinski definition) is 12. The maximum Gasteiger partial charge on any atom is 0.331 e. The molecule has 1 aromatic heterocycles. The number of benzene rings is 3.